The van der Waals surface area contributed by atoms with Crippen LogP contribution in [-0.4, -0.2) is 31.4 Å². The van der Waals surface area contributed by atoms with Crippen molar-refractivity contribution >= 4 is 17.7 Å². The molecule has 0 fully saturated rings. The minimum absolute atomic E-state index is 0.0354. The number of rotatable bonds is 7. The third-order valence-corrected chi connectivity index (χ3v) is 6.11. The van der Waals surface area contributed by atoms with Crippen LogP contribution in [0.5, 0.6) is 0 Å². The molecule has 7 heteroatoms. The molecule has 0 spiro atoms. The zero-order chi connectivity index (χ0) is 20.1. The molecule has 29 heavy (non-hydrogen) atoms. The van der Waals surface area contributed by atoms with Gasteiger partial charge >= 0.3 is 0 Å². The highest BCUT2D eigenvalue weighted by atomic mass is 32.2. The minimum Gasteiger partial charge on any atom is -0.349 e. The van der Waals surface area contributed by atoms with Crippen molar-refractivity contribution in [2.75, 3.05) is 5.75 Å². The topological polar surface area (TPSA) is 72.7 Å². The molecule has 0 aliphatic heterocycles. The standard InChI is InChI=1S/C22H25N5OS/c1-2-14-27-21(17-10-12-23-13-11-17)25-26-22(27)29-15-20(28)24-19-9-5-7-16-6-3-4-8-18(16)19/h3-4,6,8,10-13,19H,2,5,7,9,14-15H2,1H3,(H,24,28)/t19-/m1/s1. The Kier molecular flexibility index (Phi) is 6.24. The molecule has 2 heterocycles. The highest BCUT2D eigenvalue weighted by Crippen LogP contribution is 2.30. The van der Waals surface area contributed by atoms with E-state index < -0.39 is 0 Å². The Bertz CT molecular complexity index is 972. The van der Waals surface area contributed by atoms with E-state index in [2.05, 4.69) is 50.2 Å². The number of aromatic nitrogens is 4. The number of hydrogen-bond acceptors (Lipinski definition) is 5. The van der Waals surface area contributed by atoms with Crippen molar-refractivity contribution < 1.29 is 4.79 Å². The lowest BCUT2D eigenvalue weighted by atomic mass is 9.88. The summed E-state index contributed by atoms with van der Waals surface area (Å²) in [6.07, 6.45) is 7.66. The second-order valence-electron chi connectivity index (χ2n) is 7.19. The second-order valence-corrected chi connectivity index (χ2v) is 8.14. The predicted molar refractivity (Wildman–Crippen MR) is 115 cm³/mol. The summed E-state index contributed by atoms with van der Waals surface area (Å²) < 4.78 is 2.09. The van der Waals surface area contributed by atoms with Gasteiger partial charge in [0, 0.05) is 24.5 Å². The van der Waals surface area contributed by atoms with E-state index in [4.69, 9.17) is 0 Å². The van der Waals surface area contributed by atoms with Gasteiger partial charge in [0.2, 0.25) is 5.91 Å². The van der Waals surface area contributed by atoms with Crippen LogP contribution in [0.4, 0.5) is 0 Å². The van der Waals surface area contributed by atoms with Gasteiger partial charge in [-0.2, -0.15) is 0 Å². The Morgan fingerprint density at radius 2 is 2.03 bits per heavy atom. The van der Waals surface area contributed by atoms with Gasteiger partial charge in [-0.1, -0.05) is 43.0 Å². The molecule has 1 aromatic carbocycles. The number of benzene rings is 1. The van der Waals surface area contributed by atoms with Crippen molar-refractivity contribution in [2.24, 2.45) is 0 Å². The lowest BCUT2D eigenvalue weighted by molar-refractivity contribution is -0.119. The average molecular weight is 408 g/mol. The van der Waals surface area contributed by atoms with Gasteiger partial charge in [0.15, 0.2) is 11.0 Å². The number of aryl methyl sites for hydroxylation is 1. The molecule has 1 atom stereocenters. The van der Waals surface area contributed by atoms with Gasteiger partial charge in [-0.25, -0.2) is 0 Å². The van der Waals surface area contributed by atoms with Gasteiger partial charge < -0.3 is 9.88 Å². The van der Waals surface area contributed by atoms with Crippen LogP contribution >= 0.6 is 11.8 Å². The minimum atomic E-state index is 0.0354. The van der Waals surface area contributed by atoms with Crippen LogP contribution in [0.25, 0.3) is 11.4 Å². The zero-order valence-corrected chi connectivity index (χ0v) is 17.4. The summed E-state index contributed by atoms with van der Waals surface area (Å²) in [4.78, 5) is 16.7. The van der Waals surface area contributed by atoms with E-state index >= 15 is 0 Å². The zero-order valence-electron chi connectivity index (χ0n) is 16.5. The second kappa shape index (κ2) is 9.22. The molecule has 6 nitrogen and oxygen atoms in total. The molecule has 1 aliphatic rings. The molecule has 0 unspecified atom stereocenters. The molecule has 3 aromatic rings. The number of carbonyl (C=O) groups excluding carboxylic acids is 1. The first-order chi connectivity index (χ1) is 14.3. The summed E-state index contributed by atoms with van der Waals surface area (Å²) in [5, 5.41) is 12.7. The van der Waals surface area contributed by atoms with Crippen LogP contribution in [0.2, 0.25) is 0 Å². The van der Waals surface area contributed by atoms with Crippen molar-refractivity contribution in [1.82, 2.24) is 25.1 Å². The van der Waals surface area contributed by atoms with Gasteiger partial charge in [-0.3, -0.25) is 9.78 Å². The number of nitrogens with one attached hydrogen (secondary N) is 1. The fourth-order valence-corrected chi connectivity index (χ4v) is 4.58. The van der Waals surface area contributed by atoms with E-state index in [0.29, 0.717) is 5.75 Å². The number of hydrogen-bond donors (Lipinski definition) is 1. The first-order valence-corrected chi connectivity index (χ1v) is 11.1. The molecule has 2 aromatic heterocycles. The summed E-state index contributed by atoms with van der Waals surface area (Å²) in [5.74, 6) is 1.18. The van der Waals surface area contributed by atoms with Crippen molar-refractivity contribution in [1.29, 1.82) is 0 Å². The Morgan fingerprint density at radius 1 is 1.21 bits per heavy atom. The van der Waals surface area contributed by atoms with Crippen molar-refractivity contribution in [3.63, 3.8) is 0 Å². The van der Waals surface area contributed by atoms with Crippen LogP contribution in [0.1, 0.15) is 43.4 Å². The smallest absolute Gasteiger partial charge is 0.230 e. The van der Waals surface area contributed by atoms with E-state index in [-0.39, 0.29) is 11.9 Å². The van der Waals surface area contributed by atoms with E-state index in [1.54, 1.807) is 12.4 Å². The van der Waals surface area contributed by atoms with E-state index in [1.165, 1.54) is 22.9 Å². The number of amides is 1. The van der Waals surface area contributed by atoms with Gasteiger partial charge in [0.1, 0.15) is 0 Å². The molecular weight excluding hydrogens is 382 g/mol. The molecule has 1 N–H and O–H groups in total. The first kappa shape index (κ1) is 19.6. The lowest BCUT2D eigenvalue weighted by Gasteiger charge is -2.26. The van der Waals surface area contributed by atoms with Gasteiger partial charge in [-0.15, -0.1) is 10.2 Å². The largest absolute Gasteiger partial charge is 0.349 e. The number of thioether (sulfide) groups is 1. The summed E-state index contributed by atoms with van der Waals surface area (Å²) >= 11 is 1.44. The SMILES string of the molecule is CCCn1c(SCC(=O)N[C@@H]2CCCc3ccccc32)nnc1-c1ccncc1. The maximum atomic E-state index is 12.6. The molecule has 1 aliphatic carbocycles. The van der Waals surface area contributed by atoms with Crippen molar-refractivity contribution in [3.8, 4) is 11.4 Å². The molecule has 150 valence electrons. The molecule has 0 radical (unpaired) electrons. The Balaban J connectivity index is 1.43. The Labute approximate surface area is 175 Å². The van der Waals surface area contributed by atoms with Crippen LogP contribution in [0, 0.1) is 0 Å². The van der Waals surface area contributed by atoms with Crippen molar-refractivity contribution in [3.05, 3.63) is 59.9 Å². The highest BCUT2D eigenvalue weighted by Gasteiger charge is 2.22. The summed E-state index contributed by atoms with van der Waals surface area (Å²) in [6.45, 7) is 2.93. The van der Waals surface area contributed by atoms with E-state index in [9.17, 15) is 4.79 Å². The normalized spacial score (nSPS) is 15.7. The lowest BCUT2D eigenvalue weighted by Crippen LogP contribution is -2.32. The van der Waals surface area contributed by atoms with Crippen LogP contribution in [0.15, 0.2) is 53.9 Å². The van der Waals surface area contributed by atoms with Gasteiger partial charge in [0.05, 0.1) is 11.8 Å². The summed E-state index contributed by atoms with van der Waals surface area (Å²) in [5.41, 5.74) is 3.59. The number of carbonyl (C=O) groups is 1. The monoisotopic (exact) mass is 407 g/mol. The number of pyridine rings is 1. The Morgan fingerprint density at radius 3 is 2.86 bits per heavy atom. The van der Waals surface area contributed by atoms with Crippen LogP contribution < -0.4 is 5.32 Å². The third kappa shape index (κ3) is 4.50. The van der Waals surface area contributed by atoms with Crippen molar-refractivity contribution in [2.45, 2.75) is 50.4 Å². The van der Waals surface area contributed by atoms with Gasteiger partial charge in [0.25, 0.3) is 0 Å². The maximum absolute atomic E-state index is 12.6. The van der Waals surface area contributed by atoms with E-state index in [0.717, 1.165) is 48.8 Å². The van der Waals surface area contributed by atoms with E-state index in [1.807, 2.05) is 18.2 Å². The summed E-state index contributed by atoms with van der Waals surface area (Å²) in [6, 6.07) is 12.4. The maximum Gasteiger partial charge on any atom is 0.230 e. The quantitative estimate of drug-likeness (QED) is 0.599. The highest BCUT2D eigenvalue weighted by molar-refractivity contribution is 7.99. The molecule has 0 bridgehead atoms. The first-order valence-electron chi connectivity index (χ1n) is 10.1. The summed E-state index contributed by atoms with van der Waals surface area (Å²) in [7, 11) is 0. The fourth-order valence-electron chi connectivity index (χ4n) is 3.81. The van der Waals surface area contributed by atoms with Crippen LogP contribution in [0.3, 0.4) is 0 Å². The third-order valence-electron chi connectivity index (χ3n) is 5.14. The molecule has 4 rings (SSSR count). The average Bonchev–Trinajstić information content (AvgIpc) is 3.16. The predicted octanol–water partition coefficient (Wildman–Crippen LogP) is 4.04. The number of fused-ring (bicyclic) bond motifs is 1. The molecule has 0 saturated carbocycles. The molecular formula is C22H25N5OS. The number of nitrogens with zero attached hydrogens (tertiary/aromatic N) is 4. The molecule has 0 saturated heterocycles. The molecule has 1 amide bonds. The Hall–Kier alpha value is -2.67. The van der Waals surface area contributed by atoms with Gasteiger partial charge in [-0.05, 0) is 48.9 Å². The van der Waals surface area contributed by atoms with Crippen LogP contribution in [-0.2, 0) is 17.8 Å². The fraction of sp³-hybridized carbons (Fsp3) is 0.364.